The SMILES string of the molecule is CCCN=c1c2ccccc2n(C)c2nc(-c3ccccc3)[nH]c(=O)c12. The van der Waals surface area contributed by atoms with E-state index in [1.165, 1.54) is 0 Å². The van der Waals surface area contributed by atoms with Gasteiger partial charge in [0.1, 0.15) is 16.9 Å². The first-order valence-electron chi connectivity index (χ1n) is 8.78. The number of benzene rings is 2. The Morgan fingerprint density at radius 1 is 1.08 bits per heavy atom. The molecule has 2 aromatic heterocycles. The van der Waals surface area contributed by atoms with E-state index >= 15 is 0 Å². The molecule has 0 saturated carbocycles. The molecule has 0 fully saturated rings. The molecule has 0 aliphatic rings. The van der Waals surface area contributed by atoms with Gasteiger partial charge in [0.15, 0.2) is 0 Å². The Labute approximate surface area is 150 Å². The molecular weight excluding hydrogens is 324 g/mol. The number of aromatic amines is 1. The minimum Gasteiger partial charge on any atom is -0.328 e. The van der Waals surface area contributed by atoms with Crippen molar-refractivity contribution < 1.29 is 0 Å². The highest BCUT2D eigenvalue weighted by molar-refractivity contribution is 5.91. The highest BCUT2D eigenvalue weighted by atomic mass is 16.1. The van der Waals surface area contributed by atoms with Crippen molar-refractivity contribution in [3.63, 3.8) is 0 Å². The Morgan fingerprint density at radius 2 is 1.81 bits per heavy atom. The van der Waals surface area contributed by atoms with Crippen molar-refractivity contribution in [3.8, 4) is 11.4 Å². The zero-order valence-electron chi connectivity index (χ0n) is 14.9. The molecule has 2 aromatic carbocycles. The van der Waals surface area contributed by atoms with Crippen LogP contribution in [0.5, 0.6) is 0 Å². The second-order valence-corrected chi connectivity index (χ2v) is 6.29. The van der Waals surface area contributed by atoms with Gasteiger partial charge in [0.25, 0.3) is 5.56 Å². The Kier molecular flexibility index (Phi) is 4.13. The van der Waals surface area contributed by atoms with Gasteiger partial charge in [0, 0.05) is 24.5 Å². The first-order valence-corrected chi connectivity index (χ1v) is 8.78. The van der Waals surface area contributed by atoms with E-state index in [4.69, 9.17) is 9.98 Å². The summed E-state index contributed by atoms with van der Waals surface area (Å²) in [6.07, 6.45) is 0.921. The van der Waals surface area contributed by atoms with Gasteiger partial charge in [-0.25, -0.2) is 4.98 Å². The summed E-state index contributed by atoms with van der Waals surface area (Å²) >= 11 is 0. The van der Waals surface area contributed by atoms with Gasteiger partial charge in [-0.3, -0.25) is 9.79 Å². The first-order chi connectivity index (χ1) is 12.7. The number of rotatable bonds is 3. The summed E-state index contributed by atoms with van der Waals surface area (Å²) < 4.78 is 1.97. The monoisotopic (exact) mass is 344 g/mol. The van der Waals surface area contributed by atoms with E-state index in [9.17, 15) is 4.79 Å². The number of para-hydroxylation sites is 1. The Hall–Kier alpha value is -3.21. The lowest BCUT2D eigenvalue weighted by Gasteiger charge is -2.12. The zero-order valence-corrected chi connectivity index (χ0v) is 14.9. The third-order valence-electron chi connectivity index (χ3n) is 4.52. The fourth-order valence-electron chi connectivity index (χ4n) is 3.25. The second-order valence-electron chi connectivity index (χ2n) is 6.29. The van der Waals surface area contributed by atoms with Gasteiger partial charge in [-0.2, -0.15) is 0 Å². The number of aromatic nitrogens is 3. The number of aryl methyl sites for hydroxylation is 1. The van der Waals surface area contributed by atoms with Crippen molar-refractivity contribution in [1.82, 2.24) is 14.5 Å². The van der Waals surface area contributed by atoms with E-state index in [0.29, 0.717) is 23.4 Å². The van der Waals surface area contributed by atoms with Crippen LogP contribution in [0.2, 0.25) is 0 Å². The minimum absolute atomic E-state index is 0.162. The van der Waals surface area contributed by atoms with Gasteiger partial charge >= 0.3 is 0 Å². The minimum atomic E-state index is -0.162. The number of hydrogen-bond donors (Lipinski definition) is 1. The van der Waals surface area contributed by atoms with Crippen LogP contribution in [-0.2, 0) is 7.05 Å². The number of nitrogens with one attached hydrogen (secondary N) is 1. The van der Waals surface area contributed by atoms with Gasteiger partial charge in [0.05, 0.1) is 10.9 Å². The Morgan fingerprint density at radius 3 is 2.58 bits per heavy atom. The Bertz CT molecular complexity index is 1220. The predicted molar refractivity (Wildman–Crippen MR) is 105 cm³/mol. The van der Waals surface area contributed by atoms with E-state index in [2.05, 4.69) is 11.9 Å². The van der Waals surface area contributed by atoms with Crippen molar-refractivity contribution in [2.45, 2.75) is 13.3 Å². The number of nitrogens with zero attached hydrogens (tertiary/aromatic N) is 3. The average molecular weight is 344 g/mol. The van der Waals surface area contributed by atoms with Gasteiger partial charge < -0.3 is 9.55 Å². The zero-order chi connectivity index (χ0) is 18.1. The molecular formula is C21H20N4O. The van der Waals surface area contributed by atoms with E-state index in [1.54, 1.807) is 0 Å². The van der Waals surface area contributed by atoms with Crippen molar-refractivity contribution >= 4 is 21.9 Å². The summed E-state index contributed by atoms with van der Waals surface area (Å²) in [5, 5.41) is 2.24. The van der Waals surface area contributed by atoms with Crippen LogP contribution in [0, 0.1) is 0 Å². The van der Waals surface area contributed by atoms with Crippen LogP contribution in [0.4, 0.5) is 0 Å². The fourth-order valence-corrected chi connectivity index (χ4v) is 3.25. The molecule has 2 heterocycles. The van der Waals surface area contributed by atoms with Crippen molar-refractivity contribution in [1.29, 1.82) is 0 Å². The summed E-state index contributed by atoms with van der Waals surface area (Å²) in [7, 11) is 1.94. The summed E-state index contributed by atoms with van der Waals surface area (Å²) in [6.45, 7) is 2.75. The molecule has 0 aliphatic heterocycles. The molecule has 0 saturated heterocycles. The normalized spacial score (nSPS) is 12.2. The lowest BCUT2D eigenvalue weighted by Crippen LogP contribution is -2.23. The highest BCUT2D eigenvalue weighted by Crippen LogP contribution is 2.18. The van der Waals surface area contributed by atoms with E-state index in [1.807, 2.05) is 66.2 Å². The number of fused-ring (bicyclic) bond motifs is 2. The lowest BCUT2D eigenvalue weighted by atomic mass is 10.1. The largest absolute Gasteiger partial charge is 0.328 e. The Balaban J connectivity index is 2.18. The van der Waals surface area contributed by atoms with Crippen LogP contribution in [0.3, 0.4) is 0 Å². The van der Waals surface area contributed by atoms with Crippen LogP contribution < -0.4 is 10.9 Å². The summed E-state index contributed by atoms with van der Waals surface area (Å²) in [5.41, 5.74) is 2.37. The van der Waals surface area contributed by atoms with Crippen LogP contribution in [0.25, 0.3) is 33.3 Å². The van der Waals surface area contributed by atoms with E-state index in [0.717, 1.165) is 28.2 Å². The third kappa shape index (κ3) is 2.62. The molecule has 5 heteroatoms. The van der Waals surface area contributed by atoms with Gasteiger partial charge in [-0.1, -0.05) is 55.5 Å². The quantitative estimate of drug-likeness (QED) is 0.579. The molecule has 0 spiro atoms. The smallest absolute Gasteiger partial charge is 0.262 e. The molecule has 0 unspecified atom stereocenters. The standard InChI is InChI=1S/C21H20N4O/c1-3-13-22-18-15-11-7-8-12-16(15)25(2)20-17(18)21(26)24-19(23-20)14-9-5-4-6-10-14/h4-12H,3,13H2,1-2H3,(H,23,24,26). The number of H-pyrrole nitrogens is 1. The molecule has 130 valence electrons. The molecule has 0 atom stereocenters. The van der Waals surface area contributed by atoms with Crippen molar-refractivity contribution in [2.75, 3.05) is 6.54 Å². The highest BCUT2D eigenvalue weighted by Gasteiger charge is 2.13. The fraction of sp³-hybridized carbons (Fsp3) is 0.190. The summed E-state index contributed by atoms with van der Waals surface area (Å²) in [4.78, 5) is 25.4. The van der Waals surface area contributed by atoms with Gasteiger partial charge in [0.2, 0.25) is 0 Å². The molecule has 0 amide bonds. The number of pyridine rings is 1. The van der Waals surface area contributed by atoms with Crippen LogP contribution in [0.1, 0.15) is 13.3 Å². The van der Waals surface area contributed by atoms with Gasteiger partial charge in [-0.15, -0.1) is 0 Å². The molecule has 26 heavy (non-hydrogen) atoms. The van der Waals surface area contributed by atoms with Crippen LogP contribution in [-0.4, -0.2) is 21.1 Å². The molecule has 4 aromatic rings. The molecule has 0 radical (unpaired) electrons. The van der Waals surface area contributed by atoms with Crippen molar-refractivity contribution in [2.24, 2.45) is 12.0 Å². The maximum atomic E-state index is 13.0. The first kappa shape index (κ1) is 16.3. The van der Waals surface area contributed by atoms with Crippen LogP contribution in [0.15, 0.2) is 64.4 Å². The maximum Gasteiger partial charge on any atom is 0.262 e. The molecule has 1 N–H and O–H groups in total. The van der Waals surface area contributed by atoms with Gasteiger partial charge in [-0.05, 0) is 12.5 Å². The molecule has 0 bridgehead atoms. The topological polar surface area (TPSA) is 63.0 Å². The predicted octanol–water partition coefficient (Wildman–Crippen LogP) is 3.39. The number of hydrogen-bond acceptors (Lipinski definition) is 3. The van der Waals surface area contributed by atoms with Crippen LogP contribution >= 0.6 is 0 Å². The second kappa shape index (κ2) is 6.59. The molecule has 4 rings (SSSR count). The molecule has 0 aliphatic carbocycles. The maximum absolute atomic E-state index is 13.0. The van der Waals surface area contributed by atoms with Crippen molar-refractivity contribution in [3.05, 3.63) is 70.3 Å². The average Bonchev–Trinajstić information content (AvgIpc) is 2.69. The summed E-state index contributed by atoms with van der Waals surface area (Å²) in [5.74, 6) is 0.565. The molecule has 5 nitrogen and oxygen atoms in total. The lowest BCUT2D eigenvalue weighted by molar-refractivity contribution is 0.903. The third-order valence-corrected chi connectivity index (χ3v) is 4.52. The van der Waals surface area contributed by atoms with E-state index < -0.39 is 0 Å². The summed E-state index contributed by atoms with van der Waals surface area (Å²) in [6, 6.07) is 17.7. The van der Waals surface area contributed by atoms with E-state index in [-0.39, 0.29) is 5.56 Å².